The van der Waals surface area contributed by atoms with Crippen molar-refractivity contribution in [1.82, 2.24) is 30.1 Å². The average molecular weight is 540 g/mol. The van der Waals surface area contributed by atoms with Crippen LogP contribution in [0.15, 0.2) is 18.2 Å². The summed E-state index contributed by atoms with van der Waals surface area (Å²) >= 11 is 0. The lowest BCUT2D eigenvalue weighted by atomic mass is 9.87. The van der Waals surface area contributed by atoms with Gasteiger partial charge in [-0.3, -0.25) is 14.4 Å². The molecule has 11 nitrogen and oxygen atoms in total. The first kappa shape index (κ1) is 27.5. The quantitative estimate of drug-likeness (QED) is 0.491. The lowest BCUT2D eigenvalue weighted by Crippen LogP contribution is -2.51. The van der Waals surface area contributed by atoms with Crippen molar-refractivity contribution in [1.29, 1.82) is 0 Å². The Morgan fingerprint density at radius 1 is 1.15 bits per heavy atom. The minimum Gasteiger partial charge on any atom is -0.381 e. The van der Waals surface area contributed by atoms with Gasteiger partial charge in [0.25, 0.3) is 0 Å². The highest BCUT2D eigenvalue weighted by molar-refractivity contribution is 5.90. The van der Waals surface area contributed by atoms with Crippen LogP contribution in [0, 0.1) is 11.8 Å². The highest BCUT2D eigenvalue weighted by Gasteiger charge is 2.41. The Morgan fingerprint density at radius 3 is 2.69 bits per heavy atom. The Hall–Kier alpha value is -3.05. The molecule has 3 atom stereocenters. The predicted octanol–water partition coefficient (Wildman–Crippen LogP) is 1.35. The van der Waals surface area contributed by atoms with E-state index < -0.39 is 12.1 Å². The van der Waals surface area contributed by atoms with E-state index in [9.17, 15) is 14.4 Å². The number of carbonyl (C=O) groups excluding carboxylic acids is 3. The van der Waals surface area contributed by atoms with Gasteiger partial charge in [0.2, 0.25) is 17.7 Å². The van der Waals surface area contributed by atoms with Gasteiger partial charge in [0.05, 0.1) is 11.6 Å². The SMILES string of the molecule is Cn1nnc2cc(CNC(=O)[C@@H]3C[C@H](CC4CCOCC4)CN3C(=O)[C@H](N)CCC(=O)N3CCCC3)ccc21. The fourth-order valence-electron chi connectivity index (χ4n) is 6.28. The van der Waals surface area contributed by atoms with Gasteiger partial charge < -0.3 is 25.6 Å². The molecule has 3 fully saturated rings. The van der Waals surface area contributed by atoms with Crippen LogP contribution in [-0.4, -0.2) is 87.4 Å². The molecule has 39 heavy (non-hydrogen) atoms. The van der Waals surface area contributed by atoms with E-state index in [0.29, 0.717) is 31.8 Å². The Balaban J connectivity index is 1.22. The molecule has 1 aromatic carbocycles. The van der Waals surface area contributed by atoms with Crippen LogP contribution in [0.2, 0.25) is 0 Å². The number of aromatic nitrogens is 3. The first-order valence-corrected chi connectivity index (χ1v) is 14.4. The van der Waals surface area contributed by atoms with Gasteiger partial charge in [0, 0.05) is 52.9 Å². The third kappa shape index (κ3) is 6.58. The van der Waals surface area contributed by atoms with Gasteiger partial charge in [0.15, 0.2) is 0 Å². The van der Waals surface area contributed by atoms with Gasteiger partial charge in [-0.05, 0) is 74.5 Å². The molecule has 3 aliphatic heterocycles. The van der Waals surface area contributed by atoms with Gasteiger partial charge in [-0.2, -0.15) is 0 Å². The maximum Gasteiger partial charge on any atom is 0.243 e. The molecule has 2 aromatic rings. The smallest absolute Gasteiger partial charge is 0.243 e. The molecule has 3 N–H and O–H groups in total. The number of rotatable bonds is 9. The zero-order chi connectivity index (χ0) is 27.4. The van der Waals surface area contributed by atoms with Crippen molar-refractivity contribution in [2.24, 2.45) is 24.6 Å². The van der Waals surface area contributed by atoms with Crippen molar-refractivity contribution < 1.29 is 19.1 Å². The van der Waals surface area contributed by atoms with Crippen LogP contribution in [0.4, 0.5) is 0 Å². The second kappa shape index (κ2) is 12.4. The first-order valence-electron chi connectivity index (χ1n) is 14.4. The maximum atomic E-state index is 13.5. The molecular formula is C28H41N7O4. The lowest BCUT2D eigenvalue weighted by molar-refractivity contribution is -0.140. The van der Waals surface area contributed by atoms with Crippen LogP contribution in [-0.2, 0) is 32.7 Å². The summed E-state index contributed by atoms with van der Waals surface area (Å²) in [5.41, 5.74) is 8.94. The molecule has 3 amide bonds. The van der Waals surface area contributed by atoms with Crippen molar-refractivity contribution in [2.75, 3.05) is 32.8 Å². The molecule has 11 heteroatoms. The maximum absolute atomic E-state index is 13.5. The standard InChI is InChI=1S/C28H41N7O4/c1-33-24-6-4-20(15-23(24)31-32-33)17-30-27(37)25-16-21(14-19-8-12-39-13-9-19)18-35(25)28(38)22(29)5-7-26(36)34-10-2-3-11-34/h4,6,15,19,21-22,25H,2-3,5,7-14,16-18,29H2,1H3,(H,30,37)/t21-,22+,25-/m0/s1. The number of ether oxygens (including phenoxy) is 1. The minimum absolute atomic E-state index is 0.0592. The van der Waals surface area contributed by atoms with Gasteiger partial charge in [0.1, 0.15) is 11.6 Å². The summed E-state index contributed by atoms with van der Waals surface area (Å²) in [7, 11) is 1.84. The molecule has 4 heterocycles. The molecular weight excluding hydrogens is 498 g/mol. The fraction of sp³-hybridized carbons (Fsp3) is 0.679. The van der Waals surface area contributed by atoms with E-state index >= 15 is 0 Å². The third-order valence-corrected chi connectivity index (χ3v) is 8.57. The highest BCUT2D eigenvalue weighted by atomic mass is 16.5. The lowest BCUT2D eigenvalue weighted by Gasteiger charge is -2.27. The molecule has 3 aliphatic rings. The van der Waals surface area contributed by atoms with E-state index in [2.05, 4.69) is 15.6 Å². The summed E-state index contributed by atoms with van der Waals surface area (Å²) in [6.07, 6.45) is 6.25. The number of hydrogen-bond donors (Lipinski definition) is 2. The first-order chi connectivity index (χ1) is 18.9. The van der Waals surface area contributed by atoms with Crippen LogP contribution >= 0.6 is 0 Å². The largest absolute Gasteiger partial charge is 0.381 e. The number of hydrogen-bond acceptors (Lipinski definition) is 7. The van der Waals surface area contributed by atoms with E-state index in [0.717, 1.165) is 75.0 Å². The number of benzene rings is 1. The monoisotopic (exact) mass is 539 g/mol. The Kier molecular flexibility index (Phi) is 8.76. The number of nitrogens with one attached hydrogen (secondary N) is 1. The van der Waals surface area contributed by atoms with E-state index in [1.807, 2.05) is 30.1 Å². The molecule has 0 bridgehead atoms. The zero-order valence-corrected chi connectivity index (χ0v) is 22.9. The van der Waals surface area contributed by atoms with Crippen LogP contribution < -0.4 is 11.1 Å². The Bertz CT molecular complexity index is 1170. The normalized spacial score (nSPS) is 22.9. The van der Waals surface area contributed by atoms with E-state index in [-0.39, 0.29) is 30.1 Å². The summed E-state index contributed by atoms with van der Waals surface area (Å²) in [4.78, 5) is 43.0. The number of nitrogens with zero attached hydrogens (tertiary/aromatic N) is 5. The van der Waals surface area contributed by atoms with Crippen LogP contribution in [0.25, 0.3) is 11.0 Å². The number of aryl methyl sites for hydroxylation is 1. The van der Waals surface area contributed by atoms with Gasteiger partial charge in [-0.15, -0.1) is 5.10 Å². The van der Waals surface area contributed by atoms with Gasteiger partial charge >= 0.3 is 0 Å². The molecule has 0 aliphatic carbocycles. The summed E-state index contributed by atoms with van der Waals surface area (Å²) < 4.78 is 7.22. The minimum atomic E-state index is -0.798. The molecule has 0 radical (unpaired) electrons. The molecule has 5 rings (SSSR count). The average Bonchev–Trinajstić information content (AvgIpc) is 3.71. The number of carbonyl (C=O) groups is 3. The van der Waals surface area contributed by atoms with Crippen molar-refractivity contribution in [2.45, 2.75) is 70.0 Å². The van der Waals surface area contributed by atoms with E-state index in [1.54, 1.807) is 9.58 Å². The van der Waals surface area contributed by atoms with Crippen LogP contribution in [0.1, 0.15) is 56.9 Å². The predicted molar refractivity (Wildman–Crippen MR) is 145 cm³/mol. The fourth-order valence-corrected chi connectivity index (χ4v) is 6.28. The van der Waals surface area contributed by atoms with E-state index in [4.69, 9.17) is 10.5 Å². The highest BCUT2D eigenvalue weighted by Crippen LogP contribution is 2.33. The van der Waals surface area contributed by atoms with Crippen molar-refractivity contribution in [3.63, 3.8) is 0 Å². The topological polar surface area (TPSA) is 136 Å². The molecule has 1 aromatic heterocycles. The summed E-state index contributed by atoms with van der Waals surface area (Å²) in [5, 5.41) is 11.2. The number of amides is 3. The second-order valence-corrected chi connectivity index (χ2v) is 11.4. The third-order valence-electron chi connectivity index (χ3n) is 8.57. The number of fused-ring (bicyclic) bond motifs is 1. The van der Waals surface area contributed by atoms with Crippen molar-refractivity contribution in [3.05, 3.63) is 23.8 Å². The van der Waals surface area contributed by atoms with Crippen molar-refractivity contribution in [3.8, 4) is 0 Å². The molecule has 3 saturated heterocycles. The Morgan fingerprint density at radius 2 is 1.92 bits per heavy atom. The molecule has 0 spiro atoms. The Labute approximate surface area is 229 Å². The van der Waals surface area contributed by atoms with Crippen LogP contribution in [0.3, 0.4) is 0 Å². The van der Waals surface area contributed by atoms with Gasteiger partial charge in [-0.25, -0.2) is 4.68 Å². The number of likely N-dealkylation sites (tertiary alicyclic amines) is 2. The molecule has 0 saturated carbocycles. The zero-order valence-electron chi connectivity index (χ0n) is 22.9. The molecule has 0 unspecified atom stereocenters. The van der Waals surface area contributed by atoms with E-state index in [1.165, 1.54) is 0 Å². The summed E-state index contributed by atoms with van der Waals surface area (Å²) in [6.45, 7) is 3.98. The van der Waals surface area contributed by atoms with Gasteiger partial charge in [-0.1, -0.05) is 11.3 Å². The van der Waals surface area contributed by atoms with Crippen LogP contribution in [0.5, 0.6) is 0 Å². The van der Waals surface area contributed by atoms with Crippen molar-refractivity contribution >= 4 is 28.8 Å². The summed E-state index contributed by atoms with van der Waals surface area (Å²) in [5.74, 6) is 0.441. The number of nitrogens with two attached hydrogens (primary N) is 1. The second-order valence-electron chi connectivity index (χ2n) is 11.4. The summed E-state index contributed by atoms with van der Waals surface area (Å²) in [6, 6.07) is 4.44. The molecule has 212 valence electrons.